The number of anilines is 1. The Bertz CT molecular complexity index is 488. The Hall–Kier alpha value is -1.14. The fourth-order valence-electron chi connectivity index (χ4n) is 1.28. The van der Waals surface area contributed by atoms with Gasteiger partial charge in [0.25, 0.3) is 0 Å². The fourth-order valence-corrected chi connectivity index (χ4v) is 1.81. The molecule has 0 saturated carbocycles. The molecule has 98 valence electrons. The van der Waals surface area contributed by atoms with Crippen LogP contribution in [0.4, 0.5) is 5.69 Å². The molecule has 0 spiro atoms. The average molecular weight is 330 g/mol. The third-order valence-corrected chi connectivity index (χ3v) is 3.35. The van der Waals surface area contributed by atoms with Gasteiger partial charge in [-0.2, -0.15) is 0 Å². The van der Waals surface area contributed by atoms with E-state index in [-0.39, 0.29) is 5.91 Å². The van der Waals surface area contributed by atoms with Crippen LogP contribution in [0.3, 0.4) is 0 Å². The maximum atomic E-state index is 11.2. The third kappa shape index (κ3) is 3.68. The predicted molar refractivity (Wildman–Crippen MR) is 81.5 cm³/mol. The molecule has 1 rings (SSSR count). The quantitative estimate of drug-likeness (QED) is 0.722. The molecule has 0 radical (unpaired) electrons. The van der Waals surface area contributed by atoms with Crippen molar-refractivity contribution in [3.05, 3.63) is 28.2 Å². The number of hydrogen-bond acceptors (Lipinski definition) is 3. The highest BCUT2D eigenvalue weighted by molar-refractivity contribution is 9.10. The number of hydrogen-bond donors (Lipinski definition) is 3. The van der Waals surface area contributed by atoms with Crippen LogP contribution in [0.1, 0.15) is 19.4 Å². The molecule has 0 heterocycles. The normalized spacial score (nSPS) is 11.1. The lowest BCUT2D eigenvalue weighted by atomic mass is 9.92. The van der Waals surface area contributed by atoms with Crippen LogP contribution in [0, 0.1) is 5.41 Å². The van der Waals surface area contributed by atoms with Crippen molar-refractivity contribution < 1.29 is 4.79 Å². The molecule has 1 amide bonds. The first-order chi connectivity index (χ1) is 8.24. The topological polar surface area (TPSA) is 81.1 Å². The number of carbonyl (C=O) groups excluding carboxylic acids is 1. The van der Waals surface area contributed by atoms with E-state index in [2.05, 4.69) is 21.2 Å². The van der Waals surface area contributed by atoms with Crippen LogP contribution in [0.2, 0.25) is 0 Å². The Morgan fingerprint density at radius 2 is 2.06 bits per heavy atom. The van der Waals surface area contributed by atoms with Gasteiger partial charge in [0.2, 0.25) is 5.91 Å². The standard InChI is InChI=1S/C12H16BrN3OS/c1-12(2,11(15)17)6-16-9-4-3-7(13)5-8(9)10(14)18/h3-5,16H,6H2,1-2H3,(H2,14,18)(H2,15,17). The molecule has 0 bridgehead atoms. The molecular formula is C12H16BrN3OS. The summed E-state index contributed by atoms with van der Waals surface area (Å²) < 4.78 is 0.894. The van der Waals surface area contributed by atoms with Crippen molar-refractivity contribution >= 4 is 44.7 Å². The molecule has 1 aromatic carbocycles. The van der Waals surface area contributed by atoms with E-state index in [1.165, 1.54) is 0 Å². The van der Waals surface area contributed by atoms with Gasteiger partial charge in [-0.15, -0.1) is 0 Å². The highest BCUT2D eigenvalue weighted by atomic mass is 79.9. The molecule has 4 nitrogen and oxygen atoms in total. The van der Waals surface area contributed by atoms with Gasteiger partial charge >= 0.3 is 0 Å². The van der Waals surface area contributed by atoms with Crippen LogP contribution in [0.5, 0.6) is 0 Å². The van der Waals surface area contributed by atoms with Gasteiger partial charge in [-0.1, -0.05) is 28.1 Å². The van der Waals surface area contributed by atoms with Crippen LogP contribution in [-0.2, 0) is 4.79 Å². The zero-order valence-electron chi connectivity index (χ0n) is 10.3. The lowest BCUT2D eigenvalue weighted by Crippen LogP contribution is -2.37. The molecule has 0 fully saturated rings. The number of primary amides is 1. The Labute approximate surface area is 120 Å². The van der Waals surface area contributed by atoms with Gasteiger partial charge in [-0.25, -0.2) is 0 Å². The first kappa shape index (κ1) is 14.9. The average Bonchev–Trinajstić information content (AvgIpc) is 2.27. The molecule has 0 aromatic heterocycles. The minimum absolute atomic E-state index is 0.302. The monoisotopic (exact) mass is 329 g/mol. The van der Waals surface area contributed by atoms with Crippen molar-refractivity contribution in [3.63, 3.8) is 0 Å². The fraction of sp³-hybridized carbons (Fsp3) is 0.333. The van der Waals surface area contributed by atoms with E-state index in [0.717, 1.165) is 15.7 Å². The summed E-state index contributed by atoms with van der Waals surface area (Å²) >= 11 is 8.36. The van der Waals surface area contributed by atoms with E-state index < -0.39 is 5.41 Å². The lowest BCUT2D eigenvalue weighted by molar-refractivity contribution is -0.125. The molecule has 0 aliphatic rings. The van der Waals surface area contributed by atoms with Gasteiger partial charge in [-0.05, 0) is 32.0 Å². The van der Waals surface area contributed by atoms with Crippen molar-refractivity contribution in [1.82, 2.24) is 0 Å². The summed E-state index contributed by atoms with van der Waals surface area (Å²) in [6.45, 7) is 3.98. The minimum atomic E-state index is -0.638. The van der Waals surface area contributed by atoms with Crippen LogP contribution >= 0.6 is 28.1 Å². The summed E-state index contributed by atoms with van der Waals surface area (Å²) in [5, 5.41) is 3.15. The molecule has 0 aliphatic carbocycles. The number of carbonyl (C=O) groups is 1. The predicted octanol–water partition coefficient (Wildman–Crippen LogP) is 2.01. The summed E-state index contributed by atoms with van der Waals surface area (Å²) in [4.78, 5) is 11.5. The maximum absolute atomic E-state index is 11.2. The van der Waals surface area contributed by atoms with Gasteiger partial charge in [0.1, 0.15) is 4.99 Å². The Balaban J connectivity index is 2.92. The van der Waals surface area contributed by atoms with Gasteiger partial charge in [0.15, 0.2) is 0 Å². The Morgan fingerprint density at radius 1 is 1.44 bits per heavy atom. The second kappa shape index (κ2) is 5.67. The van der Waals surface area contributed by atoms with E-state index in [1.54, 1.807) is 13.8 Å². The van der Waals surface area contributed by atoms with Crippen LogP contribution < -0.4 is 16.8 Å². The van der Waals surface area contributed by atoms with E-state index in [9.17, 15) is 4.79 Å². The van der Waals surface area contributed by atoms with E-state index in [0.29, 0.717) is 11.5 Å². The minimum Gasteiger partial charge on any atom is -0.389 e. The maximum Gasteiger partial charge on any atom is 0.224 e. The summed E-state index contributed by atoms with van der Waals surface area (Å²) in [5.74, 6) is -0.357. The molecule has 0 unspecified atom stereocenters. The Kier molecular flexibility index (Phi) is 4.70. The van der Waals surface area contributed by atoms with Crippen molar-refractivity contribution in [3.8, 4) is 0 Å². The molecule has 6 heteroatoms. The number of nitrogens with one attached hydrogen (secondary N) is 1. The van der Waals surface area contributed by atoms with Gasteiger partial charge < -0.3 is 16.8 Å². The van der Waals surface area contributed by atoms with Crippen molar-refractivity contribution in [2.75, 3.05) is 11.9 Å². The smallest absolute Gasteiger partial charge is 0.224 e. The second-order valence-electron chi connectivity index (χ2n) is 4.66. The molecule has 0 aliphatic heterocycles. The SMILES string of the molecule is CC(C)(CNc1ccc(Br)cc1C(N)=S)C(N)=O. The number of amides is 1. The summed E-state index contributed by atoms with van der Waals surface area (Å²) in [6, 6.07) is 5.57. The van der Waals surface area contributed by atoms with Gasteiger partial charge in [-0.3, -0.25) is 4.79 Å². The molecule has 0 atom stereocenters. The highest BCUT2D eigenvalue weighted by Gasteiger charge is 2.24. The molecule has 0 saturated heterocycles. The van der Waals surface area contributed by atoms with Crippen LogP contribution in [0.15, 0.2) is 22.7 Å². The number of nitrogens with two attached hydrogens (primary N) is 2. The Morgan fingerprint density at radius 3 is 2.56 bits per heavy atom. The number of rotatable bonds is 5. The van der Waals surface area contributed by atoms with Crippen molar-refractivity contribution in [1.29, 1.82) is 0 Å². The molecule has 5 N–H and O–H groups in total. The largest absolute Gasteiger partial charge is 0.389 e. The van der Waals surface area contributed by atoms with Gasteiger partial charge in [0, 0.05) is 22.3 Å². The zero-order valence-corrected chi connectivity index (χ0v) is 12.7. The van der Waals surface area contributed by atoms with Crippen LogP contribution in [0.25, 0.3) is 0 Å². The molecular weight excluding hydrogens is 314 g/mol. The van der Waals surface area contributed by atoms with Crippen molar-refractivity contribution in [2.24, 2.45) is 16.9 Å². The van der Waals surface area contributed by atoms with E-state index in [4.69, 9.17) is 23.7 Å². The van der Waals surface area contributed by atoms with E-state index in [1.807, 2.05) is 18.2 Å². The number of benzene rings is 1. The van der Waals surface area contributed by atoms with Crippen molar-refractivity contribution in [2.45, 2.75) is 13.8 Å². The third-order valence-electron chi connectivity index (χ3n) is 2.63. The first-order valence-corrected chi connectivity index (χ1v) is 6.57. The van der Waals surface area contributed by atoms with E-state index >= 15 is 0 Å². The zero-order chi connectivity index (χ0) is 13.9. The van der Waals surface area contributed by atoms with Crippen LogP contribution in [-0.4, -0.2) is 17.4 Å². The number of thiocarbonyl (C=S) groups is 1. The number of halogens is 1. The summed E-state index contributed by atoms with van der Waals surface area (Å²) in [5.41, 5.74) is 11.9. The summed E-state index contributed by atoms with van der Waals surface area (Å²) in [7, 11) is 0. The molecule has 1 aromatic rings. The second-order valence-corrected chi connectivity index (χ2v) is 6.01. The molecule has 18 heavy (non-hydrogen) atoms. The lowest BCUT2D eigenvalue weighted by Gasteiger charge is -2.22. The highest BCUT2D eigenvalue weighted by Crippen LogP contribution is 2.23. The summed E-state index contributed by atoms with van der Waals surface area (Å²) in [6.07, 6.45) is 0. The first-order valence-electron chi connectivity index (χ1n) is 5.37. The van der Waals surface area contributed by atoms with Gasteiger partial charge in [0.05, 0.1) is 5.41 Å².